The van der Waals surface area contributed by atoms with E-state index in [1.807, 2.05) is 0 Å². The molecule has 0 spiro atoms. The Hall–Kier alpha value is -2.13. The molecule has 0 saturated carbocycles. The van der Waals surface area contributed by atoms with E-state index in [0.717, 1.165) is 10.5 Å². The number of benzene rings is 1. The fourth-order valence-electron chi connectivity index (χ4n) is 1.47. The molecule has 1 aromatic rings. The molecule has 1 aliphatic rings. The first-order chi connectivity index (χ1) is 7.70. The number of hydrogen-bond donors (Lipinski definition) is 1. The molecule has 1 aromatic carbocycles. The standard InChI is InChI=1S/C10H8N4O2.ClH/c11-13-8-3-1-7(2-4-8)6-14-9(15)5-12-10(14)16;/h1-4H,5-6H2;1H. The summed E-state index contributed by atoms with van der Waals surface area (Å²) in [6.07, 6.45) is 0. The van der Waals surface area contributed by atoms with E-state index in [4.69, 9.17) is 5.39 Å². The van der Waals surface area contributed by atoms with Crippen molar-refractivity contribution in [1.29, 1.82) is 5.39 Å². The van der Waals surface area contributed by atoms with E-state index < -0.39 is 0 Å². The Morgan fingerprint density at radius 2 is 1.94 bits per heavy atom. The van der Waals surface area contributed by atoms with Gasteiger partial charge in [0.15, 0.2) is 4.98 Å². The van der Waals surface area contributed by atoms with Gasteiger partial charge < -0.3 is 17.7 Å². The zero-order chi connectivity index (χ0) is 11.5. The lowest BCUT2D eigenvalue weighted by molar-refractivity contribution is -0.125. The monoisotopic (exact) mass is 252 g/mol. The molecule has 1 heterocycles. The Balaban J connectivity index is 0.00000144. The highest BCUT2D eigenvalue weighted by Crippen LogP contribution is 2.14. The third-order valence-corrected chi connectivity index (χ3v) is 2.33. The van der Waals surface area contributed by atoms with Gasteiger partial charge in [-0.3, -0.25) is 9.69 Å². The Morgan fingerprint density at radius 1 is 1.29 bits per heavy atom. The molecule has 7 heteroatoms. The van der Waals surface area contributed by atoms with Crippen LogP contribution in [0.15, 0.2) is 24.3 Å². The molecule has 6 nitrogen and oxygen atoms in total. The topological polar surface area (TPSA) is 77.6 Å². The van der Waals surface area contributed by atoms with E-state index >= 15 is 0 Å². The van der Waals surface area contributed by atoms with Crippen LogP contribution in [0.1, 0.15) is 5.56 Å². The summed E-state index contributed by atoms with van der Waals surface area (Å²) < 4.78 is 0. The summed E-state index contributed by atoms with van der Waals surface area (Å²) in [6.45, 7) is 0.291. The number of nitrogens with zero attached hydrogens (tertiary/aromatic N) is 3. The second-order valence-electron chi connectivity index (χ2n) is 3.41. The smallest absolute Gasteiger partial charge is 0.385 e. The fraction of sp³-hybridized carbons (Fsp3) is 0.200. The molecule has 1 fully saturated rings. The molecular weight excluding hydrogens is 244 g/mol. The van der Waals surface area contributed by atoms with Crippen molar-refractivity contribution in [3.63, 3.8) is 0 Å². The van der Waals surface area contributed by atoms with Gasteiger partial charge >= 0.3 is 11.7 Å². The van der Waals surface area contributed by atoms with Crippen molar-refractivity contribution in [2.24, 2.45) is 0 Å². The average molecular weight is 253 g/mol. The molecule has 0 atom stereocenters. The van der Waals surface area contributed by atoms with Crippen molar-refractivity contribution < 1.29 is 22.0 Å². The normalized spacial score (nSPS) is 13.9. The van der Waals surface area contributed by atoms with Gasteiger partial charge in [-0.1, -0.05) is 0 Å². The van der Waals surface area contributed by atoms with Gasteiger partial charge in [0.25, 0.3) is 0 Å². The molecule has 3 amide bonds. The first-order valence-corrected chi connectivity index (χ1v) is 4.73. The van der Waals surface area contributed by atoms with Crippen LogP contribution in [0.4, 0.5) is 10.5 Å². The lowest BCUT2D eigenvalue weighted by atomic mass is 10.2. The molecule has 1 saturated heterocycles. The van der Waals surface area contributed by atoms with Crippen LogP contribution in [0.5, 0.6) is 0 Å². The predicted octanol–water partition coefficient (Wildman–Crippen LogP) is -1.77. The Bertz CT molecular complexity index is 464. The van der Waals surface area contributed by atoms with Crippen molar-refractivity contribution in [2.45, 2.75) is 6.54 Å². The van der Waals surface area contributed by atoms with E-state index in [2.05, 4.69) is 10.3 Å². The van der Waals surface area contributed by atoms with Crippen LogP contribution in [-0.4, -0.2) is 23.4 Å². The second kappa shape index (κ2) is 5.27. The first kappa shape index (κ1) is 12.9. The third-order valence-electron chi connectivity index (χ3n) is 2.33. The van der Waals surface area contributed by atoms with Gasteiger partial charge in [-0.15, -0.1) is 0 Å². The number of carbonyl (C=O) groups excluding carboxylic acids is 2. The quantitative estimate of drug-likeness (QED) is 0.500. The van der Waals surface area contributed by atoms with Crippen LogP contribution in [0.3, 0.4) is 0 Å². The number of imide groups is 1. The molecular formula is C10H9ClN4O2. The number of halogens is 1. The van der Waals surface area contributed by atoms with Crippen molar-refractivity contribution in [3.05, 3.63) is 34.8 Å². The van der Waals surface area contributed by atoms with Crippen LogP contribution in [0.25, 0.3) is 4.98 Å². The molecule has 17 heavy (non-hydrogen) atoms. The maximum Gasteiger partial charge on any atom is 0.385 e. The second-order valence-corrected chi connectivity index (χ2v) is 3.41. The van der Waals surface area contributed by atoms with Crippen LogP contribution < -0.4 is 17.7 Å². The van der Waals surface area contributed by atoms with Crippen LogP contribution >= 0.6 is 0 Å². The molecule has 0 radical (unpaired) electrons. The van der Waals surface area contributed by atoms with Gasteiger partial charge in [0, 0.05) is 12.1 Å². The van der Waals surface area contributed by atoms with E-state index in [0.29, 0.717) is 5.69 Å². The number of nitrogens with one attached hydrogen (secondary N) is 1. The summed E-state index contributed by atoms with van der Waals surface area (Å²) >= 11 is 0. The summed E-state index contributed by atoms with van der Waals surface area (Å²) in [5, 5.41) is 10.9. The highest BCUT2D eigenvalue weighted by Gasteiger charge is 2.28. The zero-order valence-corrected chi connectivity index (χ0v) is 9.52. The van der Waals surface area contributed by atoms with Crippen molar-refractivity contribution in [1.82, 2.24) is 10.2 Å². The summed E-state index contributed by atoms with van der Waals surface area (Å²) in [7, 11) is 0. The molecule has 0 unspecified atom stereocenters. The molecule has 1 N–H and O–H groups in total. The lowest BCUT2D eigenvalue weighted by Crippen LogP contribution is -3.00. The summed E-state index contributed by atoms with van der Waals surface area (Å²) in [4.78, 5) is 26.7. The lowest BCUT2D eigenvalue weighted by Gasteiger charge is -2.11. The minimum atomic E-state index is -0.374. The van der Waals surface area contributed by atoms with Gasteiger partial charge in [-0.05, 0) is 17.7 Å². The molecule has 1 aliphatic heterocycles. The Kier molecular flexibility index (Phi) is 4.01. The van der Waals surface area contributed by atoms with Gasteiger partial charge in [-0.2, -0.15) is 0 Å². The van der Waals surface area contributed by atoms with Gasteiger partial charge in [0.1, 0.15) is 0 Å². The van der Waals surface area contributed by atoms with E-state index in [9.17, 15) is 9.59 Å². The SMILES string of the molecule is N#[N+]c1ccc(CN2C(=O)CNC2=O)cc1.[Cl-]. The third kappa shape index (κ3) is 2.71. The van der Waals surface area contributed by atoms with Gasteiger partial charge in [0.2, 0.25) is 11.3 Å². The minimum Gasteiger partial charge on any atom is -1.00 e. The fourth-order valence-corrected chi connectivity index (χ4v) is 1.47. The van der Waals surface area contributed by atoms with E-state index in [1.54, 1.807) is 24.3 Å². The summed E-state index contributed by atoms with van der Waals surface area (Å²) in [5.74, 6) is -0.235. The number of hydrogen-bond acceptors (Lipinski definition) is 3. The van der Waals surface area contributed by atoms with Gasteiger partial charge in [0.05, 0.1) is 13.1 Å². The largest absolute Gasteiger partial charge is 1.00 e. The molecule has 0 aliphatic carbocycles. The van der Waals surface area contributed by atoms with E-state index in [1.165, 1.54) is 0 Å². The molecule has 0 bridgehead atoms. The molecule has 2 rings (SSSR count). The Labute approximate surface area is 104 Å². The number of rotatable bonds is 2. The first-order valence-electron chi connectivity index (χ1n) is 4.73. The van der Waals surface area contributed by atoms with E-state index in [-0.39, 0.29) is 37.4 Å². The molecule has 0 aromatic heterocycles. The number of diazo groups is 1. The summed E-state index contributed by atoms with van der Waals surface area (Å²) in [6, 6.07) is 6.24. The van der Waals surface area contributed by atoms with Crippen molar-refractivity contribution >= 4 is 17.6 Å². The van der Waals surface area contributed by atoms with Crippen LogP contribution in [0, 0.1) is 5.39 Å². The average Bonchev–Trinajstić information content (AvgIpc) is 2.62. The highest BCUT2D eigenvalue weighted by molar-refractivity contribution is 6.01. The molecule has 88 valence electrons. The van der Waals surface area contributed by atoms with Gasteiger partial charge in [-0.25, -0.2) is 4.79 Å². The number of amides is 3. The maximum atomic E-state index is 11.3. The summed E-state index contributed by atoms with van der Waals surface area (Å²) in [5.41, 5.74) is 1.23. The number of urea groups is 1. The predicted molar refractivity (Wildman–Crippen MR) is 55.1 cm³/mol. The minimum absolute atomic E-state index is 0. The van der Waals surface area contributed by atoms with Crippen molar-refractivity contribution in [2.75, 3.05) is 6.54 Å². The number of carbonyl (C=O) groups is 2. The Morgan fingerprint density at radius 3 is 2.41 bits per heavy atom. The zero-order valence-electron chi connectivity index (χ0n) is 8.76. The highest BCUT2D eigenvalue weighted by atomic mass is 35.5. The van der Waals surface area contributed by atoms with Crippen molar-refractivity contribution in [3.8, 4) is 0 Å². The van der Waals surface area contributed by atoms with Crippen LogP contribution in [-0.2, 0) is 11.3 Å². The van der Waals surface area contributed by atoms with Crippen LogP contribution in [0.2, 0.25) is 0 Å². The maximum absolute atomic E-state index is 11.3.